The molecule has 1 saturated heterocycles. The van der Waals surface area contributed by atoms with Crippen LogP contribution in [0.2, 0.25) is 0 Å². The molecular weight excluding hydrogens is 154 g/mol. The molecule has 5 heteroatoms. The van der Waals surface area contributed by atoms with Gasteiger partial charge in [0.2, 0.25) is 0 Å². The van der Waals surface area contributed by atoms with Crippen LogP contribution >= 0.6 is 0 Å². The first kappa shape index (κ1) is 8.40. The Morgan fingerprint density at radius 3 is 1.92 bits per heavy atom. The van der Waals surface area contributed by atoms with E-state index in [1.165, 1.54) is 0 Å². The van der Waals surface area contributed by atoms with E-state index in [0.717, 1.165) is 25.8 Å². The van der Waals surface area contributed by atoms with Gasteiger partial charge >= 0.3 is 0 Å². The van der Waals surface area contributed by atoms with Crippen LogP contribution in [0.4, 0.5) is 0 Å². The van der Waals surface area contributed by atoms with E-state index in [0.29, 0.717) is 0 Å². The minimum Gasteiger partial charge on any atom is -0.309 e. The van der Waals surface area contributed by atoms with Crippen molar-refractivity contribution in [1.82, 2.24) is 5.32 Å². The van der Waals surface area contributed by atoms with Crippen LogP contribution in [0, 0.1) is 5.41 Å². The van der Waals surface area contributed by atoms with Crippen LogP contribution < -0.4 is 28.3 Å². The van der Waals surface area contributed by atoms with E-state index in [1.807, 2.05) is 0 Å². The summed E-state index contributed by atoms with van der Waals surface area (Å²) in [5, 5.41) is 2.95. The molecule has 1 aliphatic heterocycles. The average molecular weight is 171 g/mol. The molecule has 5 nitrogen and oxygen atoms in total. The number of hydrogen-bond donors (Lipinski definition) is 5. The van der Waals surface area contributed by atoms with Gasteiger partial charge in [0.15, 0.2) is 5.79 Å². The summed E-state index contributed by atoms with van der Waals surface area (Å²) in [5.41, 5.74) is 22.5. The highest BCUT2D eigenvalue weighted by molar-refractivity contribution is 5.18. The molecule has 0 aromatic carbocycles. The lowest BCUT2D eigenvalue weighted by atomic mass is 9.79. The fourth-order valence-corrected chi connectivity index (χ4v) is 2.12. The summed E-state index contributed by atoms with van der Waals surface area (Å²) < 4.78 is 0. The van der Waals surface area contributed by atoms with Crippen molar-refractivity contribution in [2.45, 2.75) is 30.7 Å². The van der Waals surface area contributed by atoms with Gasteiger partial charge in [-0.2, -0.15) is 0 Å². The van der Waals surface area contributed by atoms with E-state index >= 15 is 0 Å². The summed E-state index contributed by atoms with van der Waals surface area (Å²) in [6.07, 6.45) is 3.09. The summed E-state index contributed by atoms with van der Waals surface area (Å²) in [6.45, 7) is 0.809. The first-order valence-electron chi connectivity index (χ1n) is 4.32. The molecule has 1 heterocycles. The highest BCUT2D eigenvalue weighted by atomic mass is 15.3. The van der Waals surface area contributed by atoms with Crippen molar-refractivity contribution in [3.63, 3.8) is 0 Å². The molecule has 0 aromatic heterocycles. The SMILES string of the molecule is NC1(N)NCCC2(CC2)C1(N)N. The maximum absolute atomic E-state index is 5.96. The molecule has 0 atom stereocenters. The van der Waals surface area contributed by atoms with Crippen LogP contribution in [0.3, 0.4) is 0 Å². The van der Waals surface area contributed by atoms with Gasteiger partial charge in [0.05, 0.1) is 0 Å². The van der Waals surface area contributed by atoms with Gasteiger partial charge in [0.1, 0.15) is 5.66 Å². The fraction of sp³-hybridized carbons (Fsp3) is 1.00. The zero-order valence-corrected chi connectivity index (χ0v) is 7.14. The van der Waals surface area contributed by atoms with Gasteiger partial charge < -0.3 is 11.5 Å². The van der Waals surface area contributed by atoms with Crippen LogP contribution in [0.15, 0.2) is 0 Å². The van der Waals surface area contributed by atoms with E-state index in [9.17, 15) is 0 Å². The Kier molecular flexibility index (Phi) is 1.40. The summed E-state index contributed by atoms with van der Waals surface area (Å²) in [5.74, 6) is -1.12. The molecule has 1 saturated carbocycles. The summed E-state index contributed by atoms with van der Waals surface area (Å²) in [4.78, 5) is 0. The molecule has 9 N–H and O–H groups in total. The average Bonchev–Trinajstić information content (AvgIpc) is 2.66. The predicted molar refractivity (Wildman–Crippen MR) is 46.5 cm³/mol. The third-order valence-electron chi connectivity index (χ3n) is 3.44. The van der Waals surface area contributed by atoms with Gasteiger partial charge in [0, 0.05) is 5.41 Å². The standard InChI is InChI=1S/C7H17N5/c8-6(9)5(1-2-5)3-4-12-7(6,10)11/h12H,1-4,8-11H2. The van der Waals surface area contributed by atoms with Crippen LogP contribution in [-0.2, 0) is 0 Å². The number of rotatable bonds is 0. The van der Waals surface area contributed by atoms with E-state index in [1.54, 1.807) is 0 Å². The van der Waals surface area contributed by atoms with Crippen molar-refractivity contribution in [3.8, 4) is 0 Å². The fourth-order valence-electron chi connectivity index (χ4n) is 2.12. The zero-order valence-electron chi connectivity index (χ0n) is 7.14. The van der Waals surface area contributed by atoms with Crippen molar-refractivity contribution in [3.05, 3.63) is 0 Å². The normalized spacial score (nSPS) is 35.0. The number of hydrogen-bond acceptors (Lipinski definition) is 5. The Hall–Kier alpha value is -0.200. The van der Waals surface area contributed by atoms with Gasteiger partial charge in [0.25, 0.3) is 0 Å². The Morgan fingerprint density at radius 2 is 1.50 bits per heavy atom. The Bertz CT molecular complexity index is 198. The van der Waals surface area contributed by atoms with E-state index in [-0.39, 0.29) is 5.41 Å². The monoisotopic (exact) mass is 171 g/mol. The topological polar surface area (TPSA) is 116 Å². The summed E-state index contributed by atoms with van der Waals surface area (Å²) in [6, 6.07) is 0. The van der Waals surface area contributed by atoms with Crippen LogP contribution in [0.25, 0.3) is 0 Å². The van der Waals surface area contributed by atoms with Gasteiger partial charge in [-0.3, -0.25) is 16.8 Å². The van der Waals surface area contributed by atoms with Gasteiger partial charge in [-0.1, -0.05) is 0 Å². The molecule has 12 heavy (non-hydrogen) atoms. The molecule has 70 valence electrons. The Labute approximate surface area is 71.8 Å². The second-order valence-corrected chi connectivity index (χ2v) is 4.20. The molecule has 0 radical (unpaired) electrons. The smallest absolute Gasteiger partial charge is 0.151 e. The van der Waals surface area contributed by atoms with Crippen LogP contribution in [0.5, 0.6) is 0 Å². The summed E-state index contributed by atoms with van der Waals surface area (Å²) in [7, 11) is 0. The van der Waals surface area contributed by atoms with E-state index in [2.05, 4.69) is 5.32 Å². The molecule has 0 bridgehead atoms. The number of nitrogens with one attached hydrogen (secondary N) is 1. The number of piperidine rings is 1. The Morgan fingerprint density at radius 1 is 0.917 bits per heavy atom. The second-order valence-electron chi connectivity index (χ2n) is 4.20. The van der Waals surface area contributed by atoms with Crippen molar-refractivity contribution in [2.75, 3.05) is 6.54 Å². The van der Waals surface area contributed by atoms with Gasteiger partial charge in [-0.05, 0) is 25.8 Å². The molecule has 1 spiro atoms. The predicted octanol–water partition coefficient (Wildman–Crippen LogP) is -2.06. The van der Waals surface area contributed by atoms with Crippen molar-refractivity contribution < 1.29 is 0 Å². The lowest BCUT2D eigenvalue weighted by Crippen LogP contribution is -2.87. The van der Waals surface area contributed by atoms with Crippen molar-refractivity contribution >= 4 is 0 Å². The van der Waals surface area contributed by atoms with Crippen molar-refractivity contribution in [1.29, 1.82) is 0 Å². The molecule has 0 amide bonds. The van der Waals surface area contributed by atoms with Crippen LogP contribution in [-0.4, -0.2) is 18.0 Å². The molecule has 2 aliphatic rings. The van der Waals surface area contributed by atoms with E-state index < -0.39 is 11.4 Å². The lowest BCUT2D eigenvalue weighted by molar-refractivity contribution is 0.0555. The maximum atomic E-state index is 5.96. The minimum atomic E-state index is -1.12. The molecule has 0 unspecified atom stereocenters. The molecular formula is C7H17N5. The summed E-state index contributed by atoms with van der Waals surface area (Å²) >= 11 is 0. The second kappa shape index (κ2) is 2.00. The zero-order chi connectivity index (χ0) is 9.04. The largest absolute Gasteiger partial charge is 0.309 e. The molecule has 2 fully saturated rings. The first-order chi connectivity index (χ1) is 5.41. The third kappa shape index (κ3) is 0.800. The van der Waals surface area contributed by atoms with E-state index in [4.69, 9.17) is 22.9 Å². The quantitative estimate of drug-likeness (QED) is 0.269. The highest BCUT2D eigenvalue weighted by Gasteiger charge is 2.64. The molecule has 0 aromatic rings. The maximum Gasteiger partial charge on any atom is 0.151 e. The molecule has 2 rings (SSSR count). The van der Waals surface area contributed by atoms with Gasteiger partial charge in [-0.25, -0.2) is 0 Å². The Balaban J connectivity index is 2.31. The first-order valence-corrected chi connectivity index (χ1v) is 4.32. The third-order valence-corrected chi connectivity index (χ3v) is 3.44. The lowest BCUT2D eigenvalue weighted by Gasteiger charge is -2.50. The molecule has 1 aliphatic carbocycles. The highest BCUT2D eigenvalue weighted by Crippen LogP contribution is 2.56. The minimum absolute atomic E-state index is 0.00174. The van der Waals surface area contributed by atoms with Gasteiger partial charge in [-0.15, -0.1) is 0 Å². The number of nitrogens with two attached hydrogens (primary N) is 4. The van der Waals surface area contributed by atoms with Crippen molar-refractivity contribution in [2.24, 2.45) is 28.3 Å². The van der Waals surface area contributed by atoms with Crippen LogP contribution in [0.1, 0.15) is 19.3 Å².